The zero-order valence-corrected chi connectivity index (χ0v) is 15.7. The molecule has 28 heavy (non-hydrogen) atoms. The highest BCUT2D eigenvalue weighted by molar-refractivity contribution is 6.03. The number of rotatable bonds is 4. The quantitative estimate of drug-likeness (QED) is 0.420. The van der Waals surface area contributed by atoms with Crippen LogP contribution in [-0.2, 0) is 11.8 Å². The summed E-state index contributed by atoms with van der Waals surface area (Å²) < 4.78 is 1.91. The van der Waals surface area contributed by atoms with Gasteiger partial charge >= 0.3 is 0 Å². The number of carbonyl (C=O) groups is 2. The minimum absolute atomic E-state index is 0.0544. The van der Waals surface area contributed by atoms with Gasteiger partial charge in [-0.05, 0) is 35.7 Å². The number of ketones is 1. The van der Waals surface area contributed by atoms with Gasteiger partial charge in [0.2, 0.25) is 17.2 Å². The number of nitrogens with two attached hydrogens (primary N) is 1. The number of aromatic nitrogens is 1. The van der Waals surface area contributed by atoms with Crippen LogP contribution < -0.4 is 15.6 Å². The Balaban J connectivity index is 1.79. The van der Waals surface area contributed by atoms with Gasteiger partial charge in [-0.15, -0.1) is 0 Å². The average Bonchev–Trinajstić information content (AvgIpc) is 3.15. The van der Waals surface area contributed by atoms with Crippen LogP contribution in [-0.4, -0.2) is 17.7 Å². The number of nitrogens with zero attached hydrogens (tertiary/aromatic N) is 1. The van der Waals surface area contributed by atoms with Crippen LogP contribution >= 0.6 is 0 Å². The number of hydrogen-bond donors (Lipinski definition) is 2. The van der Waals surface area contributed by atoms with Crippen LogP contribution in [0.5, 0.6) is 0 Å². The number of hydrogen-bond acceptors (Lipinski definition) is 3. The minimum atomic E-state index is -0.450. The first-order valence-corrected chi connectivity index (χ1v) is 9.32. The molecule has 1 aliphatic heterocycles. The molecule has 2 heterocycles. The van der Waals surface area contributed by atoms with E-state index in [0.29, 0.717) is 18.5 Å². The Morgan fingerprint density at radius 1 is 1.14 bits per heavy atom. The van der Waals surface area contributed by atoms with Crippen molar-refractivity contribution in [3.8, 4) is 0 Å². The van der Waals surface area contributed by atoms with Crippen LogP contribution in [0.4, 0.5) is 5.69 Å². The molecule has 0 unspecified atom stereocenters. The lowest BCUT2D eigenvalue weighted by Crippen LogP contribution is -2.43. The Morgan fingerprint density at radius 2 is 1.89 bits per heavy atom. The molecule has 1 aliphatic rings. The molecule has 0 bridgehead atoms. The van der Waals surface area contributed by atoms with Gasteiger partial charge in [0.15, 0.2) is 0 Å². The SMILES string of the molecule is C[n+]1c(C(=O)[C@@H]2CCC(=O)N2)cc(C=Cc2ccc(N)cc2)c2ccccc21. The molecule has 0 saturated carbocycles. The van der Waals surface area contributed by atoms with Crippen molar-refractivity contribution in [1.82, 2.24) is 5.32 Å². The minimum Gasteiger partial charge on any atom is -0.399 e. The number of anilines is 1. The standard InChI is InChI=1S/C23H21N3O2/c1-26-20-5-3-2-4-18(20)16(9-6-15-7-10-17(24)11-8-15)14-21(26)23(28)19-12-13-22(27)25-19/h2-11,14,19,24H,12-13H2,1H3,(H,25,27)/p+1/t19-/m0/s1. The molecule has 0 spiro atoms. The molecule has 2 aromatic carbocycles. The molecular formula is C23H22N3O2+. The smallest absolute Gasteiger partial charge is 0.251 e. The number of nitrogen functional groups attached to an aromatic ring is 1. The molecule has 3 aromatic rings. The highest BCUT2D eigenvalue weighted by Gasteiger charge is 2.33. The summed E-state index contributed by atoms with van der Waals surface area (Å²) in [5.41, 5.74) is 10.0. The molecule has 1 aromatic heterocycles. The predicted molar refractivity (Wildman–Crippen MR) is 110 cm³/mol. The number of benzene rings is 2. The molecule has 5 heteroatoms. The largest absolute Gasteiger partial charge is 0.399 e. The molecule has 4 rings (SSSR count). The maximum absolute atomic E-state index is 13.0. The first kappa shape index (κ1) is 17.9. The third-order valence-electron chi connectivity index (χ3n) is 5.19. The zero-order chi connectivity index (χ0) is 19.7. The number of amides is 1. The van der Waals surface area contributed by atoms with E-state index in [1.165, 1.54) is 0 Å². The topological polar surface area (TPSA) is 76.1 Å². The van der Waals surface area contributed by atoms with Crippen molar-refractivity contribution in [3.05, 3.63) is 71.4 Å². The summed E-state index contributed by atoms with van der Waals surface area (Å²) in [6.45, 7) is 0. The fourth-order valence-corrected chi connectivity index (χ4v) is 3.62. The molecule has 1 saturated heterocycles. The summed E-state index contributed by atoms with van der Waals surface area (Å²) in [6, 6.07) is 17.1. The summed E-state index contributed by atoms with van der Waals surface area (Å²) in [5.74, 6) is -0.119. The van der Waals surface area contributed by atoms with E-state index < -0.39 is 6.04 Å². The van der Waals surface area contributed by atoms with Crippen molar-refractivity contribution in [2.24, 2.45) is 7.05 Å². The Bertz CT molecular complexity index is 1100. The van der Waals surface area contributed by atoms with E-state index in [2.05, 4.69) is 5.32 Å². The van der Waals surface area contributed by atoms with E-state index in [-0.39, 0.29) is 11.7 Å². The molecule has 140 valence electrons. The molecule has 5 nitrogen and oxygen atoms in total. The number of nitrogens with one attached hydrogen (secondary N) is 1. The third kappa shape index (κ3) is 3.39. The molecule has 1 atom stereocenters. The summed E-state index contributed by atoms with van der Waals surface area (Å²) >= 11 is 0. The Kier molecular flexibility index (Phi) is 4.65. The van der Waals surface area contributed by atoms with Gasteiger partial charge in [-0.2, -0.15) is 4.57 Å². The third-order valence-corrected chi connectivity index (χ3v) is 5.19. The lowest BCUT2D eigenvalue weighted by Gasteiger charge is -2.10. The molecule has 1 amide bonds. The average molecular weight is 372 g/mol. The van der Waals surface area contributed by atoms with E-state index in [1.807, 2.05) is 78.4 Å². The first-order chi connectivity index (χ1) is 13.5. The van der Waals surface area contributed by atoms with Gasteiger partial charge in [0.25, 0.3) is 5.69 Å². The first-order valence-electron chi connectivity index (χ1n) is 9.32. The molecule has 3 N–H and O–H groups in total. The van der Waals surface area contributed by atoms with Gasteiger partial charge in [0, 0.05) is 24.2 Å². The predicted octanol–water partition coefficient (Wildman–Crippen LogP) is 2.88. The van der Waals surface area contributed by atoms with Crippen LogP contribution in [0.15, 0.2) is 54.6 Å². The molecule has 1 fully saturated rings. The van der Waals surface area contributed by atoms with Crippen molar-refractivity contribution in [2.45, 2.75) is 18.9 Å². The summed E-state index contributed by atoms with van der Waals surface area (Å²) in [5, 5.41) is 3.84. The van der Waals surface area contributed by atoms with Crippen molar-refractivity contribution in [1.29, 1.82) is 0 Å². The van der Waals surface area contributed by atoms with Gasteiger partial charge < -0.3 is 11.1 Å². The van der Waals surface area contributed by atoms with E-state index >= 15 is 0 Å². The Hall–Kier alpha value is -3.47. The fraction of sp³-hybridized carbons (Fsp3) is 0.174. The van der Waals surface area contributed by atoms with Crippen molar-refractivity contribution < 1.29 is 14.2 Å². The highest BCUT2D eigenvalue weighted by Crippen LogP contribution is 2.22. The van der Waals surface area contributed by atoms with E-state index in [0.717, 1.165) is 27.7 Å². The number of Topliss-reactive ketones (excluding diaryl/α,β-unsaturated/α-hetero) is 1. The fourth-order valence-electron chi connectivity index (χ4n) is 3.62. The van der Waals surface area contributed by atoms with Crippen LogP contribution in [0, 0.1) is 0 Å². The summed E-state index contributed by atoms with van der Waals surface area (Å²) in [4.78, 5) is 24.6. The van der Waals surface area contributed by atoms with E-state index in [9.17, 15) is 9.59 Å². The van der Waals surface area contributed by atoms with Crippen LogP contribution in [0.3, 0.4) is 0 Å². The van der Waals surface area contributed by atoms with Crippen molar-refractivity contribution >= 4 is 40.4 Å². The number of pyridine rings is 1. The second kappa shape index (κ2) is 7.27. The normalized spacial score (nSPS) is 16.6. The summed E-state index contributed by atoms with van der Waals surface area (Å²) in [7, 11) is 1.89. The number of fused-ring (bicyclic) bond motifs is 1. The lowest BCUT2D eigenvalue weighted by atomic mass is 10.0. The van der Waals surface area contributed by atoms with Gasteiger partial charge in [-0.25, -0.2) is 0 Å². The van der Waals surface area contributed by atoms with Gasteiger partial charge in [0.1, 0.15) is 7.05 Å². The summed E-state index contributed by atoms with van der Waals surface area (Å²) in [6.07, 6.45) is 4.96. The maximum Gasteiger partial charge on any atom is 0.251 e. The molecule has 0 radical (unpaired) electrons. The number of aryl methyl sites for hydroxylation is 1. The highest BCUT2D eigenvalue weighted by atomic mass is 16.2. The van der Waals surface area contributed by atoms with Gasteiger partial charge in [-0.1, -0.05) is 36.4 Å². The molecule has 0 aliphatic carbocycles. The van der Waals surface area contributed by atoms with Crippen molar-refractivity contribution in [3.63, 3.8) is 0 Å². The van der Waals surface area contributed by atoms with Gasteiger partial charge in [-0.3, -0.25) is 9.59 Å². The second-order valence-electron chi connectivity index (χ2n) is 7.08. The maximum atomic E-state index is 13.0. The van der Waals surface area contributed by atoms with Crippen LogP contribution in [0.25, 0.3) is 23.1 Å². The van der Waals surface area contributed by atoms with Crippen molar-refractivity contribution in [2.75, 3.05) is 5.73 Å². The van der Waals surface area contributed by atoms with Gasteiger partial charge in [0.05, 0.1) is 11.4 Å². The van der Waals surface area contributed by atoms with E-state index in [4.69, 9.17) is 5.73 Å². The second-order valence-corrected chi connectivity index (χ2v) is 7.08. The monoisotopic (exact) mass is 372 g/mol. The molecular weight excluding hydrogens is 350 g/mol. The Labute approximate surface area is 163 Å². The number of para-hydroxylation sites is 1. The van der Waals surface area contributed by atoms with E-state index in [1.54, 1.807) is 0 Å². The van der Waals surface area contributed by atoms with Crippen LogP contribution in [0.1, 0.15) is 34.5 Å². The lowest BCUT2D eigenvalue weighted by molar-refractivity contribution is -0.647. The Morgan fingerprint density at radius 3 is 2.61 bits per heavy atom. The zero-order valence-electron chi connectivity index (χ0n) is 15.7. The number of carbonyl (C=O) groups excluding carboxylic acids is 2. The van der Waals surface area contributed by atoms with Crippen LogP contribution in [0.2, 0.25) is 0 Å².